The number of hydrogen-bond donors (Lipinski definition) is 2. The number of aryl methyl sites for hydroxylation is 1. The van der Waals surface area contributed by atoms with Gasteiger partial charge in [-0.05, 0) is 25.5 Å². The van der Waals surface area contributed by atoms with Crippen molar-refractivity contribution in [1.82, 2.24) is 20.1 Å². The molecule has 0 aliphatic carbocycles. The van der Waals surface area contributed by atoms with E-state index >= 15 is 0 Å². The van der Waals surface area contributed by atoms with E-state index in [-0.39, 0.29) is 0 Å². The largest absolute Gasteiger partial charge is 0.490 e. The van der Waals surface area contributed by atoms with Crippen molar-refractivity contribution in [3.8, 4) is 11.5 Å². The average Bonchev–Trinajstić information content (AvgIpc) is 2.89. The summed E-state index contributed by atoms with van der Waals surface area (Å²) in [7, 11) is 3.63. The lowest BCUT2D eigenvalue weighted by Gasteiger charge is -2.14. The molecule has 1 aliphatic rings. The molecule has 9 heteroatoms. The lowest BCUT2D eigenvalue weighted by Crippen LogP contribution is -2.32. The number of guanidine groups is 1. The molecule has 0 bridgehead atoms. The third-order valence-corrected chi connectivity index (χ3v) is 4.39. The maximum atomic E-state index is 5.77. The smallest absolute Gasteiger partial charge is 0.196 e. The number of methoxy groups -OCH3 is 1. The second kappa shape index (κ2) is 9.93. The summed E-state index contributed by atoms with van der Waals surface area (Å²) in [4.78, 5) is 4.65. The maximum Gasteiger partial charge on any atom is 0.196 e. The lowest BCUT2D eigenvalue weighted by molar-refractivity contribution is 0.195. The van der Waals surface area contributed by atoms with Crippen molar-refractivity contribution < 1.29 is 14.2 Å². The molecule has 0 amide bonds. The summed E-state index contributed by atoms with van der Waals surface area (Å²) >= 11 is 0. The van der Waals surface area contributed by atoms with E-state index in [1.54, 1.807) is 7.11 Å². The minimum absolute atomic E-state index is 0.418. The van der Waals surface area contributed by atoms with Gasteiger partial charge in [0.15, 0.2) is 23.3 Å². The molecule has 2 heterocycles. The Morgan fingerprint density at radius 1 is 1.25 bits per heavy atom. The summed E-state index contributed by atoms with van der Waals surface area (Å²) in [5.74, 6) is 3.82. The van der Waals surface area contributed by atoms with Crippen LogP contribution in [0.5, 0.6) is 11.5 Å². The number of aliphatic imine (C=N–C) groups is 1. The fourth-order valence-corrected chi connectivity index (χ4v) is 2.68. The van der Waals surface area contributed by atoms with Gasteiger partial charge in [0.2, 0.25) is 0 Å². The van der Waals surface area contributed by atoms with Crippen molar-refractivity contribution >= 4 is 11.6 Å². The van der Waals surface area contributed by atoms with Gasteiger partial charge in [-0.3, -0.25) is 0 Å². The van der Waals surface area contributed by atoms with E-state index in [0.29, 0.717) is 32.3 Å². The van der Waals surface area contributed by atoms with Crippen LogP contribution in [0.4, 0.5) is 5.69 Å². The zero-order chi connectivity index (χ0) is 19.8. The number of hydrogen-bond acceptors (Lipinski definition) is 6. The highest BCUT2D eigenvalue weighted by Crippen LogP contribution is 2.32. The molecule has 0 spiro atoms. The van der Waals surface area contributed by atoms with Gasteiger partial charge in [-0.1, -0.05) is 0 Å². The molecule has 1 aromatic heterocycles. The predicted molar refractivity (Wildman–Crippen MR) is 107 cm³/mol. The summed E-state index contributed by atoms with van der Waals surface area (Å²) in [5, 5.41) is 14.9. The minimum Gasteiger partial charge on any atom is -0.490 e. The number of fused-ring (bicyclic) bond motifs is 1. The first-order valence-electron chi connectivity index (χ1n) is 9.46. The molecule has 0 saturated carbocycles. The molecule has 2 aromatic rings. The average molecular weight is 388 g/mol. The second-order valence-corrected chi connectivity index (χ2v) is 6.50. The summed E-state index contributed by atoms with van der Waals surface area (Å²) in [6, 6.07) is 5.80. The van der Waals surface area contributed by atoms with Crippen LogP contribution in [-0.2, 0) is 18.3 Å². The van der Waals surface area contributed by atoms with E-state index in [0.717, 1.165) is 48.2 Å². The van der Waals surface area contributed by atoms with Crippen LogP contribution in [-0.4, -0.2) is 54.2 Å². The molecule has 0 radical (unpaired) electrons. The molecule has 152 valence electrons. The SMILES string of the molecule is COCCCNC(=NCc1nnc(C)n1C)Nc1ccc2c(c1)OCCCO2. The highest BCUT2D eigenvalue weighted by Gasteiger charge is 2.12. The van der Waals surface area contributed by atoms with Crippen LogP contribution in [0.15, 0.2) is 23.2 Å². The zero-order valence-corrected chi connectivity index (χ0v) is 16.7. The van der Waals surface area contributed by atoms with Crippen molar-refractivity contribution in [3.05, 3.63) is 29.8 Å². The Morgan fingerprint density at radius 2 is 2.07 bits per heavy atom. The first kappa shape index (κ1) is 19.9. The second-order valence-electron chi connectivity index (χ2n) is 6.50. The number of anilines is 1. The van der Waals surface area contributed by atoms with Gasteiger partial charge in [-0.25, -0.2) is 4.99 Å². The van der Waals surface area contributed by atoms with E-state index in [1.165, 1.54) is 0 Å². The van der Waals surface area contributed by atoms with Crippen LogP contribution >= 0.6 is 0 Å². The first-order valence-corrected chi connectivity index (χ1v) is 9.46. The highest BCUT2D eigenvalue weighted by molar-refractivity contribution is 5.93. The van der Waals surface area contributed by atoms with Crippen molar-refractivity contribution in [2.75, 3.05) is 38.8 Å². The van der Waals surface area contributed by atoms with Gasteiger partial charge < -0.3 is 29.4 Å². The van der Waals surface area contributed by atoms with Crippen LogP contribution in [0.25, 0.3) is 0 Å². The maximum absolute atomic E-state index is 5.77. The number of rotatable bonds is 7. The molecular formula is C19H28N6O3. The van der Waals surface area contributed by atoms with Gasteiger partial charge in [0, 0.05) is 45.5 Å². The molecule has 1 aliphatic heterocycles. The molecule has 2 N–H and O–H groups in total. The Hall–Kier alpha value is -2.81. The molecule has 1 aromatic carbocycles. The Balaban J connectivity index is 1.71. The lowest BCUT2D eigenvalue weighted by atomic mass is 10.2. The van der Waals surface area contributed by atoms with E-state index < -0.39 is 0 Å². The van der Waals surface area contributed by atoms with Crippen molar-refractivity contribution in [2.45, 2.75) is 26.3 Å². The third-order valence-electron chi connectivity index (χ3n) is 4.39. The summed E-state index contributed by atoms with van der Waals surface area (Å²) in [6.45, 7) is 5.08. The molecule has 3 rings (SSSR count). The Bertz CT molecular complexity index is 805. The summed E-state index contributed by atoms with van der Waals surface area (Å²) in [6.07, 6.45) is 1.75. The van der Waals surface area contributed by atoms with Crippen LogP contribution in [0, 0.1) is 6.92 Å². The van der Waals surface area contributed by atoms with Gasteiger partial charge in [0.05, 0.1) is 13.2 Å². The fraction of sp³-hybridized carbons (Fsp3) is 0.526. The van der Waals surface area contributed by atoms with Crippen LogP contribution in [0.1, 0.15) is 24.5 Å². The third kappa shape index (κ3) is 5.35. The Morgan fingerprint density at radius 3 is 2.82 bits per heavy atom. The Labute approximate surface area is 165 Å². The Kier molecular flexibility index (Phi) is 7.07. The number of benzene rings is 1. The number of nitrogens with zero attached hydrogens (tertiary/aromatic N) is 4. The zero-order valence-electron chi connectivity index (χ0n) is 16.7. The number of aromatic nitrogens is 3. The van der Waals surface area contributed by atoms with Crippen molar-refractivity contribution in [2.24, 2.45) is 12.0 Å². The van der Waals surface area contributed by atoms with Crippen molar-refractivity contribution in [3.63, 3.8) is 0 Å². The standard InChI is InChI=1S/C19H28N6O3/c1-14-23-24-18(25(14)2)13-21-19(20-8-4-9-26-3)22-15-6-7-16-17(12-15)28-11-5-10-27-16/h6-7,12H,4-5,8-11,13H2,1-3H3,(H2,20,21,22). The summed E-state index contributed by atoms with van der Waals surface area (Å²) < 4.78 is 18.5. The molecular weight excluding hydrogens is 360 g/mol. The van der Waals surface area contributed by atoms with Crippen LogP contribution < -0.4 is 20.1 Å². The molecule has 9 nitrogen and oxygen atoms in total. The number of nitrogens with one attached hydrogen (secondary N) is 2. The minimum atomic E-state index is 0.418. The molecule has 28 heavy (non-hydrogen) atoms. The quantitative estimate of drug-likeness (QED) is 0.425. The molecule has 0 fully saturated rings. The van der Waals surface area contributed by atoms with E-state index in [2.05, 4.69) is 25.8 Å². The van der Waals surface area contributed by atoms with E-state index in [1.807, 2.05) is 36.7 Å². The van der Waals surface area contributed by atoms with Crippen LogP contribution in [0.2, 0.25) is 0 Å². The van der Waals surface area contributed by atoms with Gasteiger partial charge in [0.1, 0.15) is 12.4 Å². The molecule has 0 unspecified atom stereocenters. The van der Waals surface area contributed by atoms with E-state index in [4.69, 9.17) is 14.2 Å². The predicted octanol–water partition coefficient (Wildman–Crippen LogP) is 1.88. The van der Waals surface area contributed by atoms with Gasteiger partial charge in [0.25, 0.3) is 0 Å². The normalized spacial score (nSPS) is 13.9. The topological polar surface area (TPSA) is 94.8 Å². The van der Waals surface area contributed by atoms with Gasteiger partial charge >= 0.3 is 0 Å². The van der Waals surface area contributed by atoms with E-state index in [9.17, 15) is 0 Å². The van der Waals surface area contributed by atoms with Gasteiger partial charge in [-0.15, -0.1) is 10.2 Å². The summed E-state index contributed by atoms with van der Waals surface area (Å²) in [5.41, 5.74) is 0.872. The van der Waals surface area contributed by atoms with Crippen LogP contribution in [0.3, 0.4) is 0 Å². The first-order chi connectivity index (χ1) is 13.7. The van der Waals surface area contributed by atoms with Crippen molar-refractivity contribution in [1.29, 1.82) is 0 Å². The molecule has 0 saturated heterocycles. The number of ether oxygens (including phenoxy) is 3. The van der Waals surface area contributed by atoms with Gasteiger partial charge in [-0.2, -0.15) is 0 Å². The monoisotopic (exact) mass is 388 g/mol. The molecule has 0 atom stereocenters. The highest BCUT2D eigenvalue weighted by atomic mass is 16.5. The fourth-order valence-electron chi connectivity index (χ4n) is 2.68.